The van der Waals surface area contributed by atoms with Gasteiger partial charge < -0.3 is 10.2 Å². The Bertz CT molecular complexity index is 778. The normalized spacial score (nSPS) is 12.2. The van der Waals surface area contributed by atoms with E-state index < -0.39 is 11.7 Å². The number of benzene rings is 1. The highest BCUT2D eigenvalue weighted by atomic mass is 32.1. The first kappa shape index (κ1) is 14.0. The lowest BCUT2D eigenvalue weighted by molar-refractivity contribution is -0.137. The molecule has 2 aromatic heterocycles. The summed E-state index contributed by atoms with van der Waals surface area (Å²) in [6, 6.07) is 3.20. The second kappa shape index (κ2) is 5.12. The summed E-state index contributed by atoms with van der Waals surface area (Å²) in [4.78, 5) is 8.37. The fraction of sp³-hybridized carbons (Fsp3) is 0.231. The highest BCUT2D eigenvalue weighted by Crippen LogP contribution is 2.33. The number of aromatic nitrogens is 2. The third-order valence-corrected chi connectivity index (χ3v) is 3.75. The fourth-order valence-corrected chi connectivity index (χ4v) is 2.65. The van der Waals surface area contributed by atoms with Crippen LogP contribution in [-0.4, -0.2) is 16.5 Å². The lowest BCUT2D eigenvalue weighted by atomic mass is 10.2. The number of halogens is 3. The lowest BCUT2D eigenvalue weighted by Crippen LogP contribution is -2.03. The second-order valence-electron chi connectivity index (χ2n) is 4.36. The van der Waals surface area contributed by atoms with Gasteiger partial charge in [-0.15, -0.1) is 11.3 Å². The van der Waals surface area contributed by atoms with E-state index >= 15 is 0 Å². The van der Waals surface area contributed by atoms with E-state index in [1.807, 2.05) is 0 Å². The minimum atomic E-state index is -4.40. The van der Waals surface area contributed by atoms with Gasteiger partial charge in [-0.1, -0.05) is 0 Å². The summed E-state index contributed by atoms with van der Waals surface area (Å²) in [5.74, 6) is 0.212. The summed E-state index contributed by atoms with van der Waals surface area (Å²) < 4.78 is 43.4. The van der Waals surface area contributed by atoms with Gasteiger partial charge in [0.05, 0.1) is 10.6 Å². The molecule has 0 amide bonds. The van der Waals surface area contributed by atoms with Crippen LogP contribution >= 0.6 is 11.3 Å². The molecule has 0 spiro atoms. The highest BCUT2D eigenvalue weighted by molar-refractivity contribution is 7.09. The van der Waals surface area contributed by atoms with Crippen molar-refractivity contribution in [1.29, 1.82) is 0 Å². The zero-order valence-corrected chi connectivity index (χ0v) is 11.5. The van der Waals surface area contributed by atoms with Crippen LogP contribution in [0.25, 0.3) is 22.7 Å². The van der Waals surface area contributed by atoms with Crippen molar-refractivity contribution in [3.8, 4) is 11.6 Å². The predicted molar refractivity (Wildman–Crippen MR) is 72.9 cm³/mol. The zero-order valence-electron chi connectivity index (χ0n) is 10.6. The maximum atomic E-state index is 12.7. The van der Waals surface area contributed by atoms with Gasteiger partial charge in [0.15, 0.2) is 5.58 Å². The molecule has 0 aliphatic rings. The molecular weight excluding hydrogens is 303 g/mol. The average Bonchev–Trinajstić information content (AvgIpc) is 3.02. The zero-order chi connectivity index (χ0) is 15.0. The summed E-state index contributed by atoms with van der Waals surface area (Å²) in [5.41, 5.74) is 5.66. The highest BCUT2D eigenvalue weighted by Gasteiger charge is 2.31. The first-order valence-electron chi connectivity index (χ1n) is 6.10. The number of oxazole rings is 1. The summed E-state index contributed by atoms with van der Waals surface area (Å²) in [6.07, 6.45) is -3.76. The first-order chi connectivity index (χ1) is 9.97. The van der Waals surface area contributed by atoms with Gasteiger partial charge in [-0.05, 0) is 24.7 Å². The van der Waals surface area contributed by atoms with Gasteiger partial charge in [-0.3, -0.25) is 0 Å². The van der Waals surface area contributed by atoms with Crippen molar-refractivity contribution in [3.05, 3.63) is 34.2 Å². The monoisotopic (exact) mass is 313 g/mol. The topological polar surface area (TPSA) is 64.9 Å². The molecule has 3 aromatic rings. The van der Waals surface area contributed by atoms with Gasteiger partial charge in [0.2, 0.25) is 5.89 Å². The van der Waals surface area contributed by atoms with E-state index in [0.29, 0.717) is 24.2 Å². The molecule has 0 fully saturated rings. The van der Waals surface area contributed by atoms with Crippen LogP contribution in [0.5, 0.6) is 0 Å². The van der Waals surface area contributed by atoms with Crippen molar-refractivity contribution >= 4 is 22.4 Å². The van der Waals surface area contributed by atoms with Crippen molar-refractivity contribution in [2.24, 2.45) is 5.73 Å². The number of fused-ring (bicyclic) bond motifs is 1. The van der Waals surface area contributed by atoms with E-state index in [1.165, 1.54) is 17.4 Å². The number of alkyl halides is 3. The summed E-state index contributed by atoms with van der Waals surface area (Å²) in [7, 11) is 0. The molecule has 0 saturated carbocycles. The van der Waals surface area contributed by atoms with Crippen molar-refractivity contribution in [2.45, 2.75) is 12.6 Å². The SMILES string of the molecule is NCCc1nc(-c2nc3cc(C(F)(F)F)ccc3o2)cs1. The van der Waals surface area contributed by atoms with Crippen molar-refractivity contribution in [3.63, 3.8) is 0 Å². The van der Waals surface area contributed by atoms with Gasteiger partial charge in [0.1, 0.15) is 11.2 Å². The molecule has 0 atom stereocenters. The Balaban J connectivity index is 2.00. The molecule has 1 aromatic carbocycles. The molecule has 2 heterocycles. The quantitative estimate of drug-likeness (QED) is 0.804. The van der Waals surface area contributed by atoms with Gasteiger partial charge in [-0.2, -0.15) is 13.2 Å². The van der Waals surface area contributed by atoms with E-state index in [2.05, 4.69) is 9.97 Å². The average molecular weight is 313 g/mol. The van der Waals surface area contributed by atoms with Crippen LogP contribution in [0.1, 0.15) is 10.6 Å². The number of rotatable bonds is 3. The number of nitrogens with zero attached hydrogens (tertiary/aromatic N) is 2. The molecule has 2 N–H and O–H groups in total. The van der Waals surface area contributed by atoms with E-state index in [-0.39, 0.29) is 11.4 Å². The van der Waals surface area contributed by atoms with Gasteiger partial charge >= 0.3 is 6.18 Å². The Hall–Kier alpha value is -1.93. The Kier molecular flexibility index (Phi) is 3.42. The molecule has 21 heavy (non-hydrogen) atoms. The molecule has 0 radical (unpaired) electrons. The maximum absolute atomic E-state index is 12.7. The van der Waals surface area contributed by atoms with Crippen molar-refractivity contribution in [1.82, 2.24) is 9.97 Å². The predicted octanol–water partition coefficient (Wildman–Crippen LogP) is 3.47. The second-order valence-corrected chi connectivity index (χ2v) is 5.31. The number of thiazole rings is 1. The van der Waals surface area contributed by atoms with Crippen molar-refractivity contribution < 1.29 is 17.6 Å². The summed E-state index contributed by atoms with van der Waals surface area (Å²) in [6.45, 7) is 0.482. The number of hydrogen-bond donors (Lipinski definition) is 1. The van der Waals surface area contributed by atoms with Crippen LogP contribution in [0.4, 0.5) is 13.2 Å². The number of hydrogen-bond acceptors (Lipinski definition) is 5. The fourth-order valence-electron chi connectivity index (χ4n) is 1.86. The van der Waals surface area contributed by atoms with Crippen LogP contribution in [0.2, 0.25) is 0 Å². The van der Waals surface area contributed by atoms with Gasteiger partial charge in [0.25, 0.3) is 0 Å². The molecule has 0 aliphatic carbocycles. The van der Waals surface area contributed by atoms with E-state index in [0.717, 1.165) is 17.1 Å². The van der Waals surface area contributed by atoms with Crippen LogP contribution in [0.15, 0.2) is 28.0 Å². The molecule has 0 saturated heterocycles. The van der Waals surface area contributed by atoms with Crippen LogP contribution in [0.3, 0.4) is 0 Å². The summed E-state index contributed by atoms with van der Waals surface area (Å²) in [5, 5.41) is 2.59. The Labute approximate surface area is 121 Å². The van der Waals surface area contributed by atoms with Gasteiger partial charge in [-0.25, -0.2) is 9.97 Å². The minimum absolute atomic E-state index is 0.160. The van der Waals surface area contributed by atoms with Crippen molar-refractivity contribution in [2.75, 3.05) is 6.54 Å². The lowest BCUT2D eigenvalue weighted by Gasteiger charge is -2.04. The molecule has 3 rings (SSSR count). The van der Waals surface area contributed by atoms with Crippen LogP contribution in [0, 0.1) is 0 Å². The largest absolute Gasteiger partial charge is 0.435 e. The standard InChI is InChI=1S/C13H10F3N3OS/c14-13(15,16)7-1-2-10-8(5-7)19-12(20-10)9-6-21-11(18-9)3-4-17/h1-2,5-6H,3-4,17H2. The Morgan fingerprint density at radius 1 is 1.24 bits per heavy atom. The van der Waals surface area contributed by atoms with Crippen LogP contribution in [-0.2, 0) is 12.6 Å². The molecule has 110 valence electrons. The maximum Gasteiger partial charge on any atom is 0.416 e. The number of nitrogens with two attached hydrogens (primary N) is 1. The Morgan fingerprint density at radius 3 is 2.76 bits per heavy atom. The molecule has 4 nitrogen and oxygen atoms in total. The van der Waals surface area contributed by atoms with E-state index in [1.54, 1.807) is 5.38 Å². The molecule has 0 aliphatic heterocycles. The third-order valence-electron chi connectivity index (χ3n) is 2.84. The first-order valence-corrected chi connectivity index (χ1v) is 6.98. The molecule has 8 heteroatoms. The summed E-state index contributed by atoms with van der Waals surface area (Å²) >= 11 is 1.42. The molecule has 0 unspecified atom stereocenters. The smallest absolute Gasteiger partial charge is 0.416 e. The third kappa shape index (κ3) is 2.77. The Morgan fingerprint density at radius 2 is 2.05 bits per heavy atom. The molecular formula is C13H10F3N3OS. The van der Waals surface area contributed by atoms with Gasteiger partial charge in [0, 0.05) is 11.8 Å². The van der Waals surface area contributed by atoms with E-state index in [9.17, 15) is 13.2 Å². The van der Waals surface area contributed by atoms with E-state index in [4.69, 9.17) is 10.2 Å². The molecule has 0 bridgehead atoms. The minimum Gasteiger partial charge on any atom is -0.435 e. The van der Waals surface area contributed by atoms with Crippen LogP contribution < -0.4 is 5.73 Å².